The van der Waals surface area contributed by atoms with Gasteiger partial charge in [-0.2, -0.15) is 5.10 Å². The molecular weight excluding hydrogens is 510 g/mol. The van der Waals surface area contributed by atoms with Gasteiger partial charge in [0.25, 0.3) is 5.91 Å². The van der Waals surface area contributed by atoms with E-state index >= 15 is 0 Å². The Labute approximate surface area is 226 Å². The molecule has 1 aliphatic rings. The van der Waals surface area contributed by atoms with Crippen LogP contribution in [0.5, 0.6) is 0 Å². The molecule has 1 saturated heterocycles. The fraction of sp³-hybridized carbons (Fsp3) is 0.167. The van der Waals surface area contributed by atoms with Crippen molar-refractivity contribution in [2.75, 3.05) is 22.1 Å². The Morgan fingerprint density at radius 3 is 2.21 bits per heavy atom. The van der Waals surface area contributed by atoms with Crippen molar-refractivity contribution in [3.8, 4) is 11.3 Å². The van der Waals surface area contributed by atoms with E-state index in [0.717, 1.165) is 16.9 Å². The van der Waals surface area contributed by atoms with Gasteiger partial charge in [-0.05, 0) is 55.8 Å². The van der Waals surface area contributed by atoms with Crippen LogP contribution in [0.4, 0.5) is 17.1 Å². The van der Waals surface area contributed by atoms with Crippen LogP contribution >= 0.6 is 0 Å². The van der Waals surface area contributed by atoms with Crippen LogP contribution in [-0.2, 0) is 9.84 Å². The molecule has 0 saturated carbocycles. The number of benzene rings is 3. The minimum Gasteiger partial charge on any atom is -0.356 e. The first-order chi connectivity index (χ1) is 18.9. The Morgan fingerprint density at radius 2 is 1.54 bits per heavy atom. The number of carbonyl (C=O) groups excluding carboxylic acids is 1. The van der Waals surface area contributed by atoms with Crippen LogP contribution < -0.4 is 10.6 Å². The van der Waals surface area contributed by atoms with Crippen LogP contribution in [0.15, 0.2) is 91.0 Å². The van der Waals surface area contributed by atoms with Gasteiger partial charge in [0.2, 0.25) is 0 Å². The summed E-state index contributed by atoms with van der Waals surface area (Å²) in [4.78, 5) is 18.6. The number of hydrogen-bond donors (Lipinski definition) is 2. The number of nitrogens with zero attached hydrogens (tertiary/aromatic N) is 3. The van der Waals surface area contributed by atoms with Crippen molar-refractivity contribution >= 4 is 43.8 Å². The van der Waals surface area contributed by atoms with Gasteiger partial charge in [-0.3, -0.25) is 4.79 Å². The zero-order valence-electron chi connectivity index (χ0n) is 21.3. The molecule has 1 fully saturated rings. The molecule has 1 aliphatic heterocycles. The van der Waals surface area contributed by atoms with Crippen LogP contribution in [0.1, 0.15) is 28.5 Å². The van der Waals surface area contributed by atoms with Crippen LogP contribution in [0, 0.1) is 6.92 Å². The third-order valence-electron chi connectivity index (χ3n) is 6.91. The third-order valence-corrected chi connectivity index (χ3v) is 8.66. The Hall–Kier alpha value is -4.50. The van der Waals surface area contributed by atoms with Crippen LogP contribution in [0.25, 0.3) is 22.3 Å². The maximum absolute atomic E-state index is 13.7. The number of hydrogen-bond acceptors (Lipinski definition) is 6. The number of carbonyl (C=O) groups is 1. The molecular formula is C30H27N5O3S. The van der Waals surface area contributed by atoms with Gasteiger partial charge in [0, 0.05) is 22.6 Å². The second-order valence-electron chi connectivity index (χ2n) is 9.73. The van der Waals surface area contributed by atoms with E-state index in [1.165, 1.54) is 0 Å². The lowest BCUT2D eigenvalue weighted by molar-refractivity contribution is 0.102. The normalized spacial score (nSPS) is 16.3. The molecule has 6 rings (SSSR count). The number of aromatic nitrogens is 3. The molecule has 0 aliphatic carbocycles. The number of rotatable bonds is 6. The van der Waals surface area contributed by atoms with Crippen molar-refractivity contribution in [1.82, 2.24) is 14.8 Å². The van der Waals surface area contributed by atoms with E-state index in [9.17, 15) is 13.2 Å². The van der Waals surface area contributed by atoms with E-state index < -0.39 is 9.84 Å². The molecule has 5 aromatic rings. The number of fused-ring (bicyclic) bond motifs is 1. The van der Waals surface area contributed by atoms with Gasteiger partial charge < -0.3 is 10.6 Å². The number of amides is 1. The van der Waals surface area contributed by atoms with Crippen molar-refractivity contribution in [3.05, 3.63) is 102 Å². The van der Waals surface area contributed by atoms with Gasteiger partial charge in [-0.1, -0.05) is 48.5 Å². The second-order valence-corrected chi connectivity index (χ2v) is 12.0. The molecule has 0 spiro atoms. The summed E-state index contributed by atoms with van der Waals surface area (Å²) in [6.45, 7) is 1.83. The van der Waals surface area contributed by atoms with Crippen LogP contribution in [0.3, 0.4) is 0 Å². The highest BCUT2D eigenvalue weighted by Gasteiger charge is 2.32. The van der Waals surface area contributed by atoms with Crippen LogP contribution in [-0.4, -0.2) is 40.6 Å². The van der Waals surface area contributed by atoms with E-state index in [1.807, 2.05) is 91.9 Å². The maximum atomic E-state index is 13.7. The Bertz CT molecular complexity index is 1770. The summed E-state index contributed by atoms with van der Waals surface area (Å²) in [5.74, 6) is -0.144. The topological polar surface area (TPSA) is 106 Å². The molecule has 39 heavy (non-hydrogen) atoms. The molecule has 2 aromatic heterocycles. The minimum atomic E-state index is -3.13. The second kappa shape index (κ2) is 9.99. The Balaban J connectivity index is 1.36. The summed E-state index contributed by atoms with van der Waals surface area (Å²) < 4.78 is 26.1. The lowest BCUT2D eigenvalue weighted by Crippen LogP contribution is -2.15. The number of para-hydroxylation sites is 1. The van der Waals surface area contributed by atoms with Gasteiger partial charge in [0.15, 0.2) is 15.5 Å². The fourth-order valence-corrected chi connectivity index (χ4v) is 6.69. The molecule has 9 heteroatoms. The summed E-state index contributed by atoms with van der Waals surface area (Å²) in [6.07, 6.45) is 0.473. The van der Waals surface area contributed by atoms with Crippen molar-refractivity contribution in [2.45, 2.75) is 19.4 Å². The monoisotopic (exact) mass is 537 g/mol. The lowest BCUT2D eigenvalue weighted by Gasteiger charge is -2.13. The maximum Gasteiger partial charge on any atom is 0.256 e. The summed E-state index contributed by atoms with van der Waals surface area (Å²) in [7, 11) is -3.13. The van der Waals surface area contributed by atoms with E-state index in [-0.39, 0.29) is 23.5 Å². The molecule has 196 valence electrons. The molecule has 8 nitrogen and oxygen atoms in total. The quantitative estimate of drug-likeness (QED) is 0.285. The SMILES string of the molecule is Cc1nn(C2CCS(=O)(=O)C2)c2nc(-c3ccccc3)cc(C(=O)Nc3ccc(Nc4ccccc4)cc3)c12. The molecule has 2 N–H and O–H groups in total. The molecule has 3 aromatic carbocycles. The highest BCUT2D eigenvalue weighted by atomic mass is 32.2. The lowest BCUT2D eigenvalue weighted by atomic mass is 10.0. The van der Waals surface area contributed by atoms with Crippen LogP contribution in [0.2, 0.25) is 0 Å². The number of nitrogens with one attached hydrogen (secondary N) is 2. The van der Waals surface area contributed by atoms with Gasteiger partial charge in [0.1, 0.15) is 0 Å². The van der Waals surface area contributed by atoms with Crippen molar-refractivity contribution in [1.29, 1.82) is 0 Å². The van der Waals surface area contributed by atoms with E-state index in [2.05, 4.69) is 15.7 Å². The Morgan fingerprint density at radius 1 is 0.897 bits per heavy atom. The van der Waals surface area contributed by atoms with Crippen molar-refractivity contribution in [2.24, 2.45) is 0 Å². The average Bonchev–Trinajstić information content (AvgIpc) is 3.48. The smallest absolute Gasteiger partial charge is 0.256 e. The van der Waals surface area contributed by atoms with Crippen molar-refractivity contribution in [3.63, 3.8) is 0 Å². The van der Waals surface area contributed by atoms with E-state index in [4.69, 9.17) is 4.98 Å². The summed E-state index contributed by atoms with van der Waals surface area (Å²) in [6, 6.07) is 28.4. The molecule has 1 unspecified atom stereocenters. The standard InChI is InChI=1S/C30H27N5O3S/c1-20-28-26(30(36)32-24-14-12-23(13-15-24)31-22-10-6-3-7-11-22)18-27(21-8-4-2-5-9-21)33-29(28)35(34-20)25-16-17-39(37,38)19-25/h2-15,18,25,31H,16-17,19H2,1H3,(H,32,36). The highest BCUT2D eigenvalue weighted by Crippen LogP contribution is 2.32. The number of anilines is 3. The largest absolute Gasteiger partial charge is 0.356 e. The van der Waals surface area contributed by atoms with E-state index in [1.54, 1.807) is 10.7 Å². The van der Waals surface area contributed by atoms with Gasteiger partial charge in [-0.15, -0.1) is 0 Å². The molecule has 1 atom stereocenters. The van der Waals surface area contributed by atoms with Gasteiger partial charge in [-0.25, -0.2) is 18.1 Å². The Kier molecular flexibility index (Phi) is 6.36. The highest BCUT2D eigenvalue weighted by molar-refractivity contribution is 7.91. The molecule has 0 bridgehead atoms. The predicted octanol–water partition coefficient (Wildman–Crippen LogP) is 5.76. The summed E-state index contributed by atoms with van der Waals surface area (Å²) in [5, 5.41) is 11.6. The number of aryl methyl sites for hydroxylation is 1. The first-order valence-corrected chi connectivity index (χ1v) is 14.6. The molecule has 3 heterocycles. The van der Waals surface area contributed by atoms with Crippen molar-refractivity contribution < 1.29 is 13.2 Å². The summed E-state index contributed by atoms with van der Waals surface area (Å²) in [5.41, 5.74) is 5.60. The number of sulfone groups is 1. The first kappa shape index (κ1) is 24.8. The predicted molar refractivity (Wildman–Crippen MR) is 154 cm³/mol. The average molecular weight is 538 g/mol. The zero-order chi connectivity index (χ0) is 27.0. The minimum absolute atomic E-state index is 0.0192. The van der Waals surface area contributed by atoms with Gasteiger partial charge in [0.05, 0.1) is 39.9 Å². The zero-order valence-corrected chi connectivity index (χ0v) is 22.2. The number of pyridine rings is 1. The fourth-order valence-electron chi connectivity index (χ4n) is 5.00. The van der Waals surface area contributed by atoms with Gasteiger partial charge >= 0.3 is 0 Å². The molecule has 0 radical (unpaired) electrons. The first-order valence-electron chi connectivity index (χ1n) is 12.8. The third kappa shape index (κ3) is 5.13. The summed E-state index contributed by atoms with van der Waals surface area (Å²) >= 11 is 0. The molecule has 1 amide bonds. The van der Waals surface area contributed by atoms with E-state index in [0.29, 0.717) is 40.1 Å².